The molecule has 18 heavy (non-hydrogen) atoms. The summed E-state index contributed by atoms with van der Waals surface area (Å²) in [7, 11) is 1.65. The van der Waals surface area contributed by atoms with Crippen molar-refractivity contribution >= 4 is 17.2 Å². The molecule has 0 saturated heterocycles. The molecule has 3 rings (SSSR count). The van der Waals surface area contributed by atoms with E-state index in [4.69, 9.17) is 16.3 Å². The quantitative estimate of drug-likeness (QED) is 0.701. The first-order valence-corrected chi connectivity index (χ1v) is 5.93. The van der Waals surface area contributed by atoms with Gasteiger partial charge in [-0.05, 0) is 18.2 Å². The minimum atomic E-state index is 0.726. The lowest BCUT2D eigenvalue weighted by atomic mass is 10.2. The molecule has 0 bridgehead atoms. The Kier molecular flexibility index (Phi) is 2.68. The van der Waals surface area contributed by atoms with Gasteiger partial charge in [-0.2, -0.15) is 0 Å². The maximum Gasteiger partial charge on any atom is 0.141 e. The van der Waals surface area contributed by atoms with Crippen LogP contribution in [0.5, 0.6) is 5.75 Å². The zero-order valence-corrected chi connectivity index (χ0v) is 10.6. The van der Waals surface area contributed by atoms with Crippen molar-refractivity contribution in [3.05, 3.63) is 53.8 Å². The first-order chi connectivity index (χ1) is 8.76. The number of methoxy groups -OCH3 is 1. The van der Waals surface area contributed by atoms with E-state index in [-0.39, 0.29) is 0 Å². The summed E-state index contributed by atoms with van der Waals surface area (Å²) >= 11 is 5.88. The molecule has 2 aromatic heterocycles. The van der Waals surface area contributed by atoms with Gasteiger partial charge in [-0.25, -0.2) is 4.98 Å². The molecule has 0 fully saturated rings. The molecule has 0 spiro atoms. The highest BCUT2D eigenvalue weighted by Gasteiger charge is 2.05. The van der Waals surface area contributed by atoms with E-state index in [2.05, 4.69) is 4.98 Å². The van der Waals surface area contributed by atoms with Crippen LogP contribution in [0.15, 0.2) is 48.8 Å². The van der Waals surface area contributed by atoms with Crippen molar-refractivity contribution < 1.29 is 4.74 Å². The highest BCUT2D eigenvalue weighted by atomic mass is 35.5. The number of hydrogen-bond donors (Lipinski definition) is 0. The first kappa shape index (κ1) is 11.1. The average molecular weight is 259 g/mol. The van der Waals surface area contributed by atoms with Gasteiger partial charge in [0.15, 0.2) is 0 Å². The second kappa shape index (κ2) is 4.35. The molecule has 3 aromatic rings. The Bertz CT molecular complexity index is 689. The summed E-state index contributed by atoms with van der Waals surface area (Å²) in [6, 6.07) is 11.4. The minimum absolute atomic E-state index is 0.726. The van der Waals surface area contributed by atoms with Crippen molar-refractivity contribution in [3.63, 3.8) is 0 Å². The Morgan fingerprint density at radius 2 is 1.94 bits per heavy atom. The Morgan fingerprint density at radius 1 is 1.17 bits per heavy atom. The van der Waals surface area contributed by atoms with E-state index < -0.39 is 0 Å². The Hall–Kier alpha value is -2.00. The van der Waals surface area contributed by atoms with Gasteiger partial charge in [-0.1, -0.05) is 23.7 Å². The van der Waals surface area contributed by atoms with Crippen LogP contribution < -0.4 is 4.74 Å². The van der Waals surface area contributed by atoms with Crippen LogP contribution in [0, 0.1) is 0 Å². The molecule has 0 unspecified atom stereocenters. The summed E-state index contributed by atoms with van der Waals surface area (Å²) in [5.41, 5.74) is 2.82. The van der Waals surface area contributed by atoms with E-state index in [1.807, 2.05) is 53.2 Å². The Morgan fingerprint density at radius 3 is 2.67 bits per heavy atom. The molecule has 0 aliphatic heterocycles. The summed E-state index contributed by atoms with van der Waals surface area (Å²) in [5.74, 6) is 0.802. The van der Waals surface area contributed by atoms with Crippen molar-refractivity contribution in [2.45, 2.75) is 0 Å². The molecular formula is C14H11ClN2O. The predicted molar refractivity (Wildman–Crippen MR) is 72.2 cm³/mol. The summed E-state index contributed by atoms with van der Waals surface area (Å²) in [6.07, 6.45) is 3.92. The number of fused-ring (bicyclic) bond motifs is 1. The normalized spacial score (nSPS) is 10.8. The van der Waals surface area contributed by atoms with E-state index in [1.165, 1.54) is 0 Å². The second-order valence-electron chi connectivity index (χ2n) is 3.97. The standard InChI is InChI=1S/C14H11ClN2O/c1-18-12-6-7-17-9-13(16-14(17)8-12)10-2-4-11(15)5-3-10/h2-9H,1H3. The maximum absolute atomic E-state index is 5.88. The molecule has 0 saturated carbocycles. The van der Waals surface area contributed by atoms with E-state index >= 15 is 0 Å². The number of nitrogens with zero attached hydrogens (tertiary/aromatic N) is 2. The van der Waals surface area contributed by atoms with Crippen LogP contribution in [0.1, 0.15) is 0 Å². The van der Waals surface area contributed by atoms with Crippen LogP contribution in [0.3, 0.4) is 0 Å². The molecule has 0 radical (unpaired) electrons. The zero-order chi connectivity index (χ0) is 12.5. The molecule has 1 aromatic carbocycles. The smallest absolute Gasteiger partial charge is 0.141 e. The minimum Gasteiger partial charge on any atom is -0.497 e. The fourth-order valence-electron chi connectivity index (χ4n) is 1.85. The van der Waals surface area contributed by atoms with Crippen LogP contribution in [-0.4, -0.2) is 16.5 Å². The third-order valence-electron chi connectivity index (χ3n) is 2.81. The zero-order valence-electron chi connectivity index (χ0n) is 9.80. The monoisotopic (exact) mass is 258 g/mol. The maximum atomic E-state index is 5.88. The molecule has 0 aliphatic carbocycles. The van der Waals surface area contributed by atoms with Gasteiger partial charge < -0.3 is 9.14 Å². The van der Waals surface area contributed by atoms with Crippen LogP contribution in [0.25, 0.3) is 16.9 Å². The fourth-order valence-corrected chi connectivity index (χ4v) is 1.98. The van der Waals surface area contributed by atoms with Crippen LogP contribution in [-0.2, 0) is 0 Å². The largest absolute Gasteiger partial charge is 0.497 e. The van der Waals surface area contributed by atoms with Crippen molar-refractivity contribution in [2.75, 3.05) is 7.11 Å². The Labute approximate surface area is 110 Å². The van der Waals surface area contributed by atoms with E-state index in [9.17, 15) is 0 Å². The molecule has 2 heterocycles. The SMILES string of the molecule is COc1ccn2cc(-c3ccc(Cl)cc3)nc2c1. The number of aromatic nitrogens is 2. The molecule has 0 N–H and O–H groups in total. The summed E-state index contributed by atoms with van der Waals surface area (Å²) in [4.78, 5) is 4.56. The second-order valence-corrected chi connectivity index (χ2v) is 4.40. The van der Waals surface area contributed by atoms with Gasteiger partial charge in [-0.3, -0.25) is 0 Å². The van der Waals surface area contributed by atoms with Crippen LogP contribution in [0.2, 0.25) is 5.02 Å². The molecule has 0 atom stereocenters. The summed E-state index contributed by atoms with van der Waals surface area (Å²) in [5, 5.41) is 0.726. The van der Waals surface area contributed by atoms with Gasteiger partial charge in [0.05, 0.1) is 12.8 Å². The van der Waals surface area contributed by atoms with Gasteiger partial charge in [0, 0.05) is 29.0 Å². The number of pyridine rings is 1. The van der Waals surface area contributed by atoms with Gasteiger partial charge in [0.1, 0.15) is 11.4 Å². The van der Waals surface area contributed by atoms with Crippen molar-refractivity contribution in [1.82, 2.24) is 9.38 Å². The molecule has 4 heteroatoms. The molecule has 90 valence electrons. The number of imidazole rings is 1. The van der Waals surface area contributed by atoms with E-state index in [0.29, 0.717) is 0 Å². The van der Waals surface area contributed by atoms with E-state index in [1.54, 1.807) is 7.11 Å². The Balaban J connectivity index is 2.10. The lowest BCUT2D eigenvalue weighted by Gasteiger charge is -1.98. The van der Waals surface area contributed by atoms with Gasteiger partial charge >= 0.3 is 0 Å². The van der Waals surface area contributed by atoms with Crippen molar-refractivity contribution in [1.29, 1.82) is 0 Å². The highest BCUT2D eigenvalue weighted by Crippen LogP contribution is 2.22. The fraction of sp³-hybridized carbons (Fsp3) is 0.0714. The average Bonchev–Trinajstić information content (AvgIpc) is 2.82. The lowest BCUT2D eigenvalue weighted by Crippen LogP contribution is -1.86. The molecule has 0 amide bonds. The molecular weight excluding hydrogens is 248 g/mol. The van der Waals surface area contributed by atoms with Crippen LogP contribution in [0.4, 0.5) is 0 Å². The molecule has 0 aliphatic rings. The highest BCUT2D eigenvalue weighted by molar-refractivity contribution is 6.30. The lowest BCUT2D eigenvalue weighted by molar-refractivity contribution is 0.414. The van der Waals surface area contributed by atoms with Crippen molar-refractivity contribution in [3.8, 4) is 17.0 Å². The number of hydrogen-bond acceptors (Lipinski definition) is 2. The predicted octanol–water partition coefficient (Wildman–Crippen LogP) is 3.66. The third-order valence-corrected chi connectivity index (χ3v) is 3.06. The van der Waals surface area contributed by atoms with Gasteiger partial charge in [0.2, 0.25) is 0 Å². The third kappa shape index (κ3) is 1.93. The van der Waals surface area contributed by atoms with Crippen molar-refractivity contribution in [2.24, 2.45) is 0 Å². The van der Waals surface area contributed by atoms with Gasteiger partial charge in [-0.15, -0.1) is 0 Å². The van der Waals surface area contributed by atoms with E-state index in [0.717, 1.165) is 27.7 Å². The number of halogens is 1. The summed E-state index contributed by atoms with van der Waals surface area (Å²) in [6.45, 7) is 0. The van der Waals surface area contributed by atoms with Crippen LogP contribution >= 0.6 is 11.6 Å². The number of ether oxygens (including phenoxy) is 1. The first-order valence-electron chi connectivity index (χ1n) is 5.55. The van der Waals surface area contributed by atoms with Gasteiger partial charge in [0.25, 0.3) is 0 Å². The topological polar surface area (TPSA) is 26.5 Å². The number of benzene rings is 1. The molecule has 3 nitrogen and oxygen atoms in total. The summed E-state index contributed by atoms with van der Waals surface area (Å²) < 4.78 is 7.15. The number of rotatable bonds is 2.